The highest BCUT2D eigenvalue weighted by Crippen LogP contribution is 2.07. The zero-order chi connectivity index (χ0) is 13.3. The van der Waals surface area contributed by atoms with Crippen molar-refractivity contribution in [3.05, 3.63) is 46.1 Å². The number of aromatic nitrogens is 3. The molecule has 0 saturated carbocycles. The molecule has 0 atom stereocenters. The molecule has 1 aromatic carbocycles. The lowest BCUT2D eigenvalue weighted by Gasteiger charge is -1.99. The number of carbonyl (C=O) groups is 2. The molecule has 0 fully saturated rings. The zero-order valence-electron chi connectivity index (χ0n) is 8.82. The number of hydrogen-bond acceptors (Lipinski definition) is 4. The highest BCUT2D eigenvalue weighted by atomic mass is 16.4. The molecule has 8 nitrogen and oxygen atoms in total. The first-order valence-corrected chi connectivity index (χ1v) is 4.75. The second kappa shape index (κ2) is 4.17. The summed E-state index contributed by atoms with van der Waals surface area (Å²) in [5, 5.41) is 20.9. The molecule has 0 saturated heterocycles. The highest BCUT2D eigenvalue weighted by Gasteiger charge is 2.12. The van der Waals surface area contributed by atoms with Crippen LogP contribution in [-0.2, 0) is 0 Å². The van der Waals surface area contributed by atoms with Crippen molar-refractivity contribution in [1.29, 1.82) is 0 Å². The van der Waals surface area contributed by atoms with Gasteiger partial charge in [0.2, 0.25) is 5.82 Å². The van der Waals surface area contributed by atoms with Gasteiger partial charge in [-0.2, -0.15) is 4.68 Å². The van der Waals surface area contributed by atoms with E-state index in [9.17, 15) is 14.4 Å². The number of rotatable bonds is 3. The fourth-order valence-electron chi connectivity index (χ4n) is 1.34. The van der Waals surface area contributed by atoms with E-state index in [1.54, 1.807) is 0 Å². The molecular formula is C10H7N3O5. The Hall–Kier alpha value is -2.90. The van der Waals surface area contributed by atoms with Gasteiger partial charge in [-0.15, -0.1) is 5.10 Å². The van der Waals surface area contributed by atoms with Crippen molar-refractivity contribution in [1.82, 2.24) is 14.8 Å². The molecule has 8 heteroatoms. The van der Waals surface area contributed by atoms with Gasteiger partial charge in [0.05, 0.1) is 11.3 Å². The Morgan fingerprint density at radius 1 is 1.11 bits per heavy atom. The predicted octanol–water partition coefficient (Wildman–Crippen LogP) is -0.0430. The molecule has 2 aromatic rings. The Morgan fingerprint density at radius 3 is 2.17 bits per heavy atom. The summed E-state index contributed by atoms with van der Waals surface area (Å²) in [6, 6.07) is 5.30. The molecule has 2 rings (SSSR count). The topological polar surface area (TPSA) is 125 Å². The molecule has 0 bridgehead atoms. The SMILES string of the molecule is O=C(O)c1ccc(-n2nc(C(=O)O)[nH]c2=O)cc1. The summed E-state index contributed by atoms with van der Waals surface area (Å²) in [4.78, 5) is 34.7. The van der Waals surface area contributed by atoms with Crippen molar-refractivity contribution >= 4 is 11.9 Å². The van der Waals surface area contributed by atoms with Crippen LogP contribution < -0.4 is 5.69 Å². The molecule has 1 heterocycles. The highest BCUT2D eigenvalue weighted by molar-refractivity contribution is 5.87. The minimum Gasteiger partial charge on any atom is -0.478 e. The summed E-state index contributed by atoms with van der Waals surface area (Å²) in [6.45, 7) is 0. The normalized spacial score (nSPS) is 10.2. The van der Waals surface area contributed by atoms with Gasteiger partial charge >= 0.3 is 17.6 Å². The molecule has 92 valence electrons. The van der Waals surface area contributed by atoms with Gasteiger partial charge in [-0.05, 0) is 24.3 Å². The average Bonchev–Trinajstić information content (AvgIpc) is 2.71. The molecule has 3 N–H and O–H groups in total. The number of nitrogens with one attached hydrogen (secondary N) is 1. The second-order valence-electron chi connectivity index (χ2n) is 3.35. The smallest absolute Gasteiger partial charge is 0.373 e. The molecule has 0 aliphatic rings. The van der Waals surface area contributed by atoms with E-state index in [1.165, 1.54) is 24.3 Å². The number of hydrogen-bond donors (Lipinski definition) is 3. The van der Waals surface area contributed by atoms with Crippen LogP contribution in [0.15, 0.2) is 29.1 Å². The summed E-state index contributed by atoms with van der Waals surface area (Å²) in [7, 11) is 0. The summed E-state index contributed by atoms with van der Waals surface area (Å²) >= 11 is 0. The van der Waals surface area contributed by atoms with E-state index >= 15 is 0 Å². The molecule has 18 heavy (non-hydrogen) atoms. The van der Waals surface area contributed by atoms with Crippen LogP contribution in [0.25, 0.3) is 5.69 Å². The molecule has 1 aromatic heterocycles. The molecule has 0 radical (unpaired) electrons. The van der Waals surface area contributed by atoms with Crippen LogP contribution in [0.5, 0.6) is 0 Å². The van der Waals surface area contributed by atoms with E-state index < -0.39 is 23.5 Å². The van der Waals surface area contributed by atoms with Crippen LogP contribution in [0.1, 0.15) is 21.0 Å². The molecule has 0 aliphatic heterocycles. The predicted molar refractivity (Wildman–Crippen MR) is 58.1 cm³/mol. The molecular weight excluding hydrogens is 242 g/mol. The van der Waals surface area contributed by atoms with E-state index in [1.807, 2.05) is 0 Å². The third kappa shape index (κ3) is 1.98. The van der Waals surface area contributed by atoms with Crippen molar-refractivity contribution in [3.8, 4) is 5.69 Å². The Labute approximate surface area is 99.1 Å². The lowest BCUT2D eigenvalue weighted by molar-refractivity contribution is 0.0678. The quantitative estimate of drug-likeness (QED) is 0.700. The first kappa shape index (κ1) is 11.6. The van der Waals surface area contributed by atoms with Gasteiger partial charge in [-0.25, -0.2) is 14.4 Å². The minimum atomic E-state index is -1.35. The number of carboxylic acid groups (broad SMARTS) is 2. The van der Waals surface area contributed by atoms with Gasteiger partial charge in [0.15, 0.2) is 0 Å². The molecule has 0 unspecified atom stereocenters. The van der Waals surface area contributed by atoms with Gasteiger partial charge in [0, 0.05) is 0 Å². The van der Waals surface area contributed by atoms with Crippen LogP contribution in [0.3, 0.4) is 0 Å². The first-order chi connectivity index (χ1) is 8.49. The van der Waals surface area contributed by atoms with Crippen molar-refractivity contribution < 1.29 is 19.8 Å². The molecule has 0 aliphatic carbocycles. The maximum Gasteiger partial charge on any atom is 0.373 e. The van der Waals surface area contributed by atoms with Crippen LogP contribution in [0, 0.1) is 0 Å². The Kier molecular flexibility index (Phi) is 2.68. The largest absolute Gasteiger partial charge is 0.478 e. The van der Waals surface area contributed by atoms with E-state index in [4.69, 9.17) is 10.2 Å². The van der Waals surface area contributed by atoms with Crippen LogP contribution in [-0.4, -0.2) is 36.9 Å². The van der Waals surface area contributed by atoms with Crippen LogP contribution in [0.4, 0.5) is 0 Å². The fraction of sp³-hybridized carbons (Fsp3) is 0. The number of nitrogens with zero attached hydrogens (tertiary/aromatic N) is 2. The molecule has 0 spiro atoms. The Morgan fingerprint density at radius 2 is 1.72 bits per heavy atom. The minimum absolute atomic E-state index is 0.0563. The lowest BCUT2D eigenvalue weighted by atomic mass is 10.2. The van der Waals surface area contributed by atoms with E-state index in [2.05, 4.69) is 10.1 Å². The number of aromatic carboxylic acids is 2. The van der Waals surface area contributed by atoms with Crippen LogP contribution in [0.2, 0.25) is 0 Å². The Balaban J connectivity index is 2.46. The zero-order valence-corrected chi connectivity index (χ0v) is 8.82. The van der Waals surface area contributed by atoms with Gasteiger partial charge in [0.1, 0.15) is 0 Å². The Bertz CT molecular complexity index is 668. The van der Waals surface area contributed by atoms with Gasteiger partial charge in [-0.3, -0.25) is 4.98 Å². The summed E-state index contributed by atoms with van der Waals surface area (Å²) in [5.74, 6) is -2.93. The van der Waals surface area contributed by atoms with Gasteiger partial charge < -0.3 is 10.2 Å². The van der Waals surface area contributed by atoms with Gasteiger partial charge in [-0.1, -0.05) is 0 Å². The van der Waals surface area contributed by atoms with E-state index in [0.717, 1.165) is 4.68 Å². The van der Waals surface area contributed by atoms with Crippen LogP contribution >= 0.6 is 0 Å². The lowest BCUT2D eigenvalue weighted by Crippen LogP contribution is -2.16. The number of H-pyrrole nitrogens is 1. The third-order valence-corrected chi connectivity index (χ3v) is 2.18. The van der Waals surface area contributed by atoms with E-state index in [0.29, 0.717) is 0 Å². The second-order valence-corrected chi connectivity index (χ2v) is 3.35. The van der Waals surface area contributed by atoms with Crippen molar-refractivity contribution in [2.24, 2.45) is 0 Å². The number of aromatic amines is 1. The fourth-order valence-corrected chi connectivity index (χ4v) is 1.34. The maximum absolute atomic E-state index is 11.4. The maximum atomic E-state index is 11.4. The van der Waals surface area contributed by atoms with Crippen molar-refractivity contribution in [2.45, 2.75) is 0 Å². The molecule has 0 amide bonds. The van der Waals surface area contributed by atoms with Crippen molar-refractivity contribution in [2.75, 3.05) is 0 Å². The summed E-state index contributed by atoms with van der Waals surface area (Å²) in [6.07, 6.45) is 0. The number of carboxylic acids is 2. The first-order valence-electron chi connectivity index (χ1n) is 4.75. The average molecular weight is 249 g/mol. The third-order valence-electron chi connectivity index (χ3n) is 2.18. The van der Waals surface area contributed by atoms with E-state index in [-0.39, 0.29) is 11.3 Å². The monoisotopic (exact) mass is 249 g/mol. The van der Waals surface area contributed by atoms with Crippen molar-refractivity contribution in [3.63, 3.8) is 0 Å². The number of benzene rings is 1. The summed E-state index contributed by atoms with van der Waals surface area (Å²) < 4.78 is 0.842. The summed E-state index contributed by atoms with van der Waals surface area (Å²) in [5.41, 5.74) is -0.384. The standard InChI is InChI=1S/C10H7N3O5/c14-8(15)5-1-3-6(4-2-5)13-10(18)11-7(12-13)9(16)17/h1-4H,(H,14,15)(H,16,17)(H,11,12,18). The van der Waals surface area contributed by atoms with Gasteiger partial charge in [0.25, 0.3) is 0 Å².